The van der Waals surface area contributed by atoms with Gasteiger partial charge in [-0.3, -0.25) is 4.79 Å². The third kappa shape index (κ3) is 3.28. The van der Waals surface area contributed by atoms with E-state index in [9.17, 15) is 4.79 Å². The molecule has 2 rings (SSSR count). The number of carbonyl (C=O) groups is 1. The predicted molar refractivity (Wildman–Crippen MR) is 65.4 cm³/mol. The van der Waals surface area contributed by atoms with Gasteiger partial charge >= 0.3 is 0 Å². The van der Waals surface area contributed by atoms with Crippen LogP contribution in [0.4, 0.5) is 0 Å². The van der Waals surface area contributed by atoms with Crippen LogP contribution in [-0.4, -0.2) is 25.1 Å². The minimum absolute atomic E-state index is 0.0708. The highest BCUT2D eigenvalue weighted by atomic mass is 16.5. The quantitative estimate of drug-likeness (QED) is 0.816. The van der Waals surface area contributed by atoms with Gasteiger partial charge in [-0.2, -0.15) is 0 Å². The van der Waals surface area contributed by atoms with Crippen LogP contribution < -0.4 is 11.1 Å². The molecule has 4 heteroatoms. The Morgan fingerprint density at radius 2 is 2.18 bits per heavy atom. The van der Waals surface area contributed by atoms with Gasteiger partial charge in [-0.25, -0.2) is 0 Å². The first-order chi connectivity index (χ1) is 8.27. The van der Waals surface area contributed by atoms with Crippen molar-refractivity contribution in [1.82, 2.24) is 5.32 Å². The molecule has 0 spiro atoms. The molecule has 1 aliphatic rings. The third-order valence-electron chi connectivity index (χ3n) is 2.94. The number of nitrogens with two attached hydrogens (primary N) is 1. The molecule has 0 saturated carbocycles. The topological polar surface area (TPSA) is 64.4 Å². The molecule has 4 nitrogen and oxygen atoms in total. The monoisotopic (exact) mass is 234 g/mol. The van der Waals surface area contributed by atoms with Gasteiger partial charge in [0.25, 0.3) is 5.91 Å². The van der Waals surface area contributed by atoms with Crippen LogP contribution in [0.25, 0.3) is 0 Å². The highest BCUT2D eigenvalue weighted by Gasteiger charge is 2.24. The number of hydrogen-bond acceptors (Lipinski definition) is 3. The minimum atomic E-state index is -0.638. The van der Waals surface area contributed by atoms with Crippen LogP contribution in [0.3, 0.4) is 0 Å². The number of ether oxygens (including phenoxy) is 1. The summed E-state index contributed by atoms with van der Waals surface area (Å²) in [6.45, 7) is 1.81. The largest absolute Gasteiger partial charge is 0.367 e. The average molecular weight is 234 g/mol. The van der Waals surface area contributed by atoms with Crippen LogP contribution in [0.15, 0.2) is 30.3 Å². The highest BCUT2D eigenvalue weighted by molar-refractivity contribution is 5.80. The Morgan fingerprint density at radius 1 is 1.41 bits per heavy atom. The zero-order chi connectivity index (χ0) is 12.1. The zero-order valence-electron chi connectivity index (χ0n) is 9.76. The van der Waals surface area contributed by atoms with Crippen molar-refractivity contribution in [2.45, 2.75) is 25.0 Å². The number of benzene rings is 1. The maximum atomic E-state index is 11.5. The first-order valence-corrected chi connectivity index (χ1v) is 5.98. The first-order valence-electron chi connectivity index (χ1n) is 5.98. The van der Waals surface area contributed by atoms with Gasteiger partial charge in [0.1, 0.15) is 0 Å². The molecule has 1 aromatic rings. The molecule has 3 N–H and O–H groups in total. The van der Waals surface area contributed by atoms with E-state index >= 15 is 0 Å². The molecular formula is C13H18N2O2. The number of piperidine rings is 1. The van der Waals surface area contributed by atoms with Crippen molar-refractivity contribution in [3.8, 4) is 0 Å². The number of carbonyl (C=O) groups excluding carboxylic acids is 1. The van der Waals surface area contributed by atoms with E-state index in [1.54, 1.807) is 0 Å². The van der Waals surface area contributed by atoms with Gasteiger partial charge in [-0.05, 0) is 24.9 Å². The number of rotatable bonds is 4. The molecule has 1 heterocycles. The van der Waals surface area contributed by atoms with Crippen LogP contribution in [0.5, 0.6) is 0 Å². The summed E-state index contributed by atoms with van der Waals surface area (Å²) in [5, 5.41) is 3.25. The van der Waals surface area contributed by atoms with E-state index in [0.717, 1.165) is 31.5 Å². The molecule has 0 radical (unpaired) electrons. The smallest absolute Gasteiger partial charge is 0.251 e. The van der Waals surface area contributed by atoms with Crippen molar-refractivity contribution in [3.63, 3.8) is 0 Å². The summed E-state index contributed by atoms with van der Waals surface area (Å²) in [5.74, 6) is -0.429. The summed E-state index contributed by atoms with van der Waals surface area (Å²) in [4.78, 5) is 11.5. The van der Waals surface area contributed by atoms with Gasteiger partial charge in [0.05, 0.1) is 6.10 Å². The van der Waals surface area contributed by atoms with Gasteiger partial charge in [0, 0.05) is 6.54 Å². The number of hydrogen-bond donors (Lipinski definition) is 2. The molecule has 0 aliphatic carbocycles. The summed E-state index contributed by atoms with van der Waals surface area (Å²) in [5.41, 5.74) is 6.23. The Morgan fingerprint density at radius 3 is 2.76 bits per heavy atom. The van der Waals surface area contributed by atoms with Crippen molar-refractivity contribution in [3.05, 3.63) is 35.9 Å². The van der Waals surface area contributed by atoms with E-state index in [1.165, 1.54) is 0 Å². The van der Waals surface area contributed by atoms with Gasteiger partial charge in [0.2, 0.25) is 0 Å². The normalized spacial score (nSPS) is 22.0. The molecule has 1 aliphatic heterocycles. The lowest BCUT2D eigenvalue weighted by atomic mass is 10.1. The summed E-state index contributed by atoms with van der Waals surface area (Å²) < 4.78 is 5.80. The summed E-state index contributed by atoms with van der Waals surface area (Å²) in [7, 11) is 0. The van der Waals surface area contributed by atoms with Crippen LogP contribution >= 0.6 is 0 Å². The summed E-state index contributed by atoms with van der Waals surface area (Å²) in [6.07, 6.45) is 1.48. The molecule has 17 heavy (non-hydrogen) atoms. The SMILES string of the molecule is NC(=O)[C@@H](O[C@H]1CCCNC1)c1ccccc1. The van der Waals surface area contributed by atoms with Crippen LogP contribution in [0.1, 0.15) is 24.5 Å². The fourth-order valence-corrected chi connectivity index (χ4v) is 2.07. The second-order valence-corrected chi connectivity index (χ2v) is 4.30. The van der Waals surface area contributed by atoms with Crippen LogP contribution in [0.2, 0.25) is 0 Å². The number of primary amides is 1. The maximum absolute atomic E-state index is 11.5. The Kier molecular flexibility index (Phi) is 4.12. The van der Waals surface area contributed by atoms with Gasteiger partial charge in [0.15, 0.2) is 6.10 Å². The molecule has 0 unspecified atom stereocenters. The third-order valence-corrected chi connectivity index (χ3v) is 2.94. The Labute approximate surface area is 101 Å². The fraction of sp³-hybridized carbons (Fsp3) is 0.462. The Bertz CT molecular complexity index is 361. The van der Waals surface area contributed by atoms with E-state index in [1.807, 2.05) is 30.3 Å². The minimum Gasteiger partial charge on any atom is -0.367 e. The van der Waals surface area contributed by atoms with Crippen LogP contribution in [0, 0.1) is 0 Å². The molecule has 1 aromatic carbocycles. The molecule has 1 amide bonds. The lowest BCUT2D eigenvalue weighted by Crippen LogP contribution is -2.38. The van der Waals surface area contributed by atoms with E-state index in [-0.39, 0.29) is 6.10 Å². The zero-order valence-corrected chi connectivity index (χ0v) is 9.76. The molecule has 1 saturated heterocycles. The molecule has 0 aromatic heterocycles. The summed E-state index contributed by atoms with van der Waals surface area (Å²) >= 11 is 0. The first kappa shape index (κ1) is 12.1. The lowest BCUT2D eigenvalue weighted by Gasteiger charge is -2.26. The van der Waals surface area contributed by atoms with Crippen LogP contribution in [-0.2, 0) is 9.53 Å². The molecule has 1 fully saturated rings. The second kappa shape index (κ2) is 5.80. The van der Waals surface area contributed by atoms with Gasteiger partial charge in [-0.15, -0.1) is 0 Å². The van der Waals surface area contributed by atoms with Crippen molar-refractivity contribution in [2.75, 3.05) is 13.1 Å². The van der Waals surface area contributed by atoms with Gasteiger partial charge < -0.3 is 15.8 Å². The molecule has 0 bridgehead atoms. The lowest BCUT2D eigenvalue weighted by molar-refractivity contribution is -0.134. The van der Waals surface area contributed by atoms with Crippen molar-refractivity contribution in [2.24, 2.45) is 5.73 Å². The van der Waals surface area contributed by atoms with Crippen molar-refractivity contribution < 1.29 is 9.53 Å². The molecular weight excluding hydrogens is 216 g/mol. The fourth-order valence-electron chi connectivity index (χ4n) is 2.07. The molecule has 92 valence electrons. The maximum Gasteiger partial charge on any atom is 0.251 e. The van der Waals surface area contributed by atoms with E-state index in [2.05, 4.69) is 5.32 Å². The van der Waals surface area contributed by atoms with Gasteiger partial charge in [-0.1, -0.05) is 30.3 Å². The highest BCUT2D eigenvalue weighted by Crippen LogP contribution is 2.21. The Balaban J connectivity index is 2.05. The second-order valence-electron chi connectivity index (χ2n) is 4.30. The van der Waals surface area contributed by atoms with E-state index in [4.69, 9.17) is 10.5 Å². The summed E-state index contributed by atoms with van der Waals surface area (Å²) in [6, 6.07) is 9.41. The standard InChI is InChI=1S/C13H18N2O2/c14-13(16)12(10-5-2-1-3-6-10)17-11-7-4-8-15-9-11/h1-3,5-6,11-12,15H,4,7-9H2,(H2,14,16)/t11-,12-/m0/s1. The Hall–Kier alpha value is -1.39. The number of nitrogens with one attached hydrogen (secondary N) is 1. The molecule has 2 atom stereocenters. The average Bonchev–Trinajstić information content (AvgIpc) is 2.38. The van der Waals surface area contributed by atoms with E-state index in [0.29, 0.717) is 0 Å². The number of amides is 1. The predicted octanol–water partition coefficient (Wildman–Crippen LogP) is 0.982. The van der Waals surface area contributed by atoms with Crippen molar-refractivity contribution in [1.29, 1.82) is 0 Å². The van der Waals surface area contributed by atoms with E-state index < -0.39 is 12.0 Å². The van der Waals surface area contributed by atoms with Crippen molar-refractivity contribution >= 4 is 5.91 Å².